The van der Waals surface area contributed by atoms with Gasteiger partial charge in [0, 0.05) is 11.3 Å². The fourth-order valence-corrected chi connectivity index (χ4v) is 2.07. The molecule has 0 aliphatic rings. The summed E-state index contributed by atoms with van der Waals surface area (Å²) < 4.78 is 10.1. The van der Waals surface area contributed by atoms with Crippen molar-refractivity contribution in [2.75, 3.05) is 19.5 Å². The minimum atomic E-state index is -0.496. The van der Waals surface area contributed by atoms with Crippen molar-refractivity contribution in [3.05, 3.63) is 48.0 Å². The Balaban J connectivity index is 1.92. The fourth-order valence-electron chi connectivity index (χ4n) is 2.07. The Kier molecular flexibility index (Phi) is 6.22. The summed E-state index contributed by atoms with van der Waals surface area (Å²) >= 11 is 0. The van der Waals surface area contributed by atoms with E-state index in [1.807, 2.05) is 12.1 Å². The molecule has 0 spiro atoms. The van der Waals surface area contributed by atoms with Gasteiger partial charge in [-0.15, -0.1) is 0 Å². The zero-order valence-electron chi connectivity index (χ0n) is 14.3. The summed E-state index contributed by atoms with van der Waals surface area (Å²) in [5.74, 6) is 0.733. The molecule has 0 heterocycles. The SMILES string of the molecule is COc1ccc(N[C@@H](C)C(=O)N/N=C\c2cccc(OC)c2O)cc1. The van der Waals surface area contributed by atoms with Gasteiger partial charge in [0.1, 0.15) is 11.8 Å². The Labute approximate surface area is 146 Å². The van der Waals surface area contributed by atoms with Crippen molar-refractivity contribution in [3.8, 4) is 17.2 Å². The van der Waals surface area contributed by atoms with Gasteiger partial charge in [0.15, 0.2) is 11.5 Å². The summed E-state index contributed by atoms with van der Waals surface area (Å²) in [6, 6.07) is 11.8. The minimum absolute atomic E-state index is 0.0348. The van der Waals surface area contributed by atoms with Gasteiger partial charge in [-0.1, -0.05) is 6.07 Å². The van der Waals surface area contributed by atoms with Crippen molar-refractivity contribution in [3.63, 3.8) is 0 Å². The molecule has 0 fully saturated rings. The lowest BCUT2D eigenvalue weighted by molar-refractivity contribution is -0.121. The average Bonchev–Trinajstić information content (AvgIpc) is 2.63. The van der Waals surface area contributed by atoms with E-state index in [2.05, 4.69) is 15.8 Å². The Hall–Kier alpha value is -3.22. The summed E-state index contributed by atoms with van der Waals surface area (Å²) in [6.07, 6.45) is 1.36. The third kappa shape index (κ3) is 4.87. The lowest BCUT2D eigenvalue weighted by Gasteiger charge is -2.13. The van der Waals surface area contributed by atoms with Crippen LogP contribution in [0, 0.1) is 0 Å². The van der Waals surface area contributed by atoms with E-state index in [1.54, 1.807) is 44.4 Å². The van der Waals surface area contributed by atoms with Crippen LogP contribution in [0.1, 0.15) is 12.5 Å². The number of nitrogens with one attached hydrogen (secondary N) is 2. The summed E-state index contributed by atoms with van der Waals surface area (Å²) in [6.45, 7) is 1.72. The number of carbonyl (C=O) groups excluding carboxylic acids is 1. The lowest BCUT2D eigenvalue weighted by atomic mass is 10.2. The highest BCUT2D eigenvalue weighted by Gasteiger charge is 2.12. The van der Waals surface area contributed by atoms with Crippen LogP contribution in [0.5, 0.6) is 17.2 Å². The van der Waals surface area contributed by atoms with E-state index >= 15 is 0 Å². The summed E-state index contributed by atoms with van der Waals surface area (Å²) in [5, 5.41) is 16.9. The number of phenolic OH excluding ortho intramolecular Hbond substituents is 1. The standard InChI is InChI=1S/C18H21N3O4/c1-12(20-14-7-9-15(24-2)10-8-14)18(23)21-19-11-13-5-4-6-16(25-3)17(13)22/h4-12,20,22H,1-3H3,(H,21,23)/b19-11-/t12-/m0/s1. The maximum atomic E-state index is 12.1. The van der Waals surface area contributed by atoms with Gasteiger partial charge in [-0.2, -0.15) is 5.10 Å². The van der Waals surface area contributed by atoms with Gasteiger partial charge in [-0.05, 0) is 43.3 Å². The van der Waals surface area contributed by atoms with Crippen molar-refractivity contribution in [1.82, 2.24) is 5.43 Å². The molecule has 0 aliphatic heterocycles. The van der Waals surface area contributed by atoms with Crippen LogP contribution in [0.2, 0.25) is 0 Å². The first kappa shape index (κ1) is 18.1. The van der Waals surface area contributed by atoms with Crippen LogP contribution in [0.15, 0.2) is 47.6 Å². The number of benzene rings is 2. The highest BCUT2D eigenvalue weighted by atomic mass is 16.5. The molecule has 0 aromatic heterocycles. The number of methoxy groups -OCH3 is 2. The molecule has 2 rings (SSSR count). The number of hydrogen-bond donors (Lipinski definition) is 3. The van der Waals surface area contributed by atoms with E-state index in [9.17, 15) is 9.90 Å². The van der Waals surface area contributed by atoms with E-state index in [-0.39, 0.29) is 11.7 Å². The van der Waals surface area contributed by atoms with Crippen molar-refractivity contribution in [2.24, 2.45) is 5.10 Å². The normalized spacial score (nSPS) is 11.8. The van der Waals surface area contributed by atoms with Crippen LogP contribution >= 0.6 is 0 Å². The topological polar surface area (TPSA) is 92.2 Å². The van der Waals surface area contributed by atoms with Gasteiger partial charge in [0.25, 0.3) is 5.91 Å². The number of rotatable bonds is 7. The van der Waals surface area contributed by atoms with Gasteiger partial charge >= 0.3 is 0 Å². The third-order valence-corrected chi connectivity index (χ3v) is 3.49. The van der Waals surface area contributed by atoms with E-state index in [4.69, 9.17) is 9.47 Å². The molecule has 7 nitrogen and oxygen atoms in total. The van der Waals surface area contributed by atoms with Crippen LogP contribution in [0.3, 0.4) is 0 Å². The maximum Gasteiger partial charge on any atom is 0.262 e. The van der Waals surface area contributed by atoms with Crippen LogP contribution in [0.4, 0.5) is 5.69 Å². The number of ether oxygens (including phenoxy) is 2. The second kappa shape index (κ2) is 8.58. The Morgan fingerprint density at radius 3 is 2.52 bits per heavy atom. The number of para-hydroxylation sites is 1. The van der Waals surface area contributed by atoms with E-state index in [0.29, 0.717) is 11.3 Å². The average molecular weight is 343 g/mol. The van der Waals surface area contributed by atoms with Gasteiger partial charge in [0.2, 0.25) is 0 Å². The fraction of sp³-hybridized carbons (Fsp3) is 0.222. The molecule has 0 bridgehead atoms. The lowest BCUT2D eigenvalue weighted by Crippen LogP contribution is -2.34. The summed E-state index contributed by atoms with van der Waals surface area (Å²) in [4.78, 5) is 12.1. The predicted octanol–water partition coefficient (Wildman–Crippen LogP) is 2.36. The highest BCUT2D eigenvalue weighted by molar-refractivity contribution is 5.88. The summed E-state index contributed by atoms with van der Waals surface area (Å²) in [5.41, 5.74) is 3.66. The molecule has 0 unspecified atom stereocenters. The first-order chi connectivity index (χ1) is 12.0. The monoisotopic (exact) mass is 343 g/mol. The van der Waals surface area contributed by atoms with Crippen molar-refractivity contribution in [1.29, 1.82) is 0 Å². The number of nitrogens with zero attached hydrogens (tertiary/aromatic N) is 1. The molecular weight excluding hydrogens is 322 g/mol. The van der Waals surface area contributed by atoms with Crippen molar-refractivity contribution >= 4 is 17.8 Å². The van der Waals surface area contributed by atoms with E-state index in [0.717, 1.165) is 11.4 Å². The van der Waals surface area contributed by atoms with Crippen molar-refractivity contribution < 1.29 is 19.4 Å². The van der Waals surface area contributed by atoms with Crippen LogP contribution in [-0.2, 0) is 4.79 Å². The predicted molar refractivity (Wildman–Crippen MR) is 96.5 cm³/mol. The molecule has 1 atom stereocenters. The number of aromatic hydroxyl groups is 1. The van der Waals surface area contributed by atoms with Crippen LogP contribution in [-0.4, -0.2) is 37.5 Å². The second-order valence-electron chi connectivity index (χ2n) is 5.23. The molecule has 7 heteroatoms. The van der Waals surface area contributed by atoms with Gasteiger partial charge in [-0.25, -0.2) is 5.43 Å². The Morgan fingerprint density at radius 2 is 1.88 bits per heavy atom. The number of amides is 1. The smallest absolute Gasteiger partial charge is 0.262 e. The van der Waals surface area contributed by atoms with Gasteiger partial charge in [0.05, 0.1) is 20.4 Å². The first-order valence-electron chi connectivity index (χ1n) is 7.64. The zero-order chi connectivity index (χ0) is 18.2. The first-order valence-corrected chi connectivity index (χ1v) is 7.64. The Bertz CT molecular complexity index is 744. The molecule has 1 amide bonds. The maximum absolute atomic E-state index is 12.1. The molecule has 0 radical (unpaired) electrons. The largest absolute Gasteiger partial charge is 0.504 e. The Morgan fingerprint density at radius 1 is 1.16 bits per heavy atom. The third-order valence-electron chi connectivity index (χ3n) is 3.49. The van der Waals surface area contributed by atoms with Crippen molar-refractivity contribution in [2.45, 2.75) is 13.0 Å². The molecule has 132 valence electrons. The zero-order valence-corrected chi connectivity index (χ0v) is 14.3. The van der Waals surface area contributed by atoms with E-state index in [1.165, 1.54) is 13.3 Å². The molecule has 0 aliphatic carbocycles. The van der Waals surface area contributed by atoms with Gasteiger partial charge in [-0.3, -0.25) is 4.79 Å². The molecule has 25 heavy (non-hydrogen) atoms. The molecule has 2 aromatic carbocycles. The molecule has 3 N–H and O–H groups in total. The van der Waals surface area contributed by atoms with Crippen LogP contribution in [0.25, 0.3) is 0 Å². The number of carbonyl (C=O) groups is 1. The van der Waals surface area contributed by atoms with Crippen LogP contribution < -0.4 is 20.2 Å². The number of hydrazone groups is 1. The molecule has 0 saturated carbocycles. The van der Waals surface area contributed by atoms with E-state index < -0.39 is 6.04 Å². The number of anilines is 1. The second-order valence-corrected chi connectivity index (χ2v) is 5.23. The molecular formula is C18H21N3O4. The number of phenols is 1. The molecule has 2 aromatic rings. The summed E-state index contributed by atoms with van der Waals surface area (Å²) in [7, 11) is 3.06. The highest BCUT2D eigenvalue weighted by Crippen LogP contribution is 2.27. The minimum Gasteiger partial charge on any atom is -0.504 e. The number of hydrogen-bond acceptors (Lipinski definition) is 6. The molecule has 0 saturated heterocycles. The quantitative estimate of drug-likeness (QED) is 0.530. The van der Waals surface area contributed by atoms with Gasteiger partial charge < -0.3 is 19.9 Å².